The Labute approximate surface area is 389 Å². The third kappa shape index (κ3) is 8.08. The van der Waals surface area contributed by atoms with Gasteiger partial charge in [0.05, 0.1) is 28.0 Å². The van der Waals surface area contributed by atoms with Gasteiger partial charge >= 0.3 is 21.1 Å². The summed E-state index contributed by atoms with van der Waals surface area (Å²) in [5.41, 5.74) is 14.1. The van der Waals surface area contributed by atoms with Gasteiger partial charge in [-0.25, -0.2) is 4.98 Å². The average molecular weight is 993 g/mol. The van der Waals surface area contributed by atoms with Gasteiger partial charge in [-0.2, -0.15) is 7.11 Å². The molecule has 9 aromatic rings. The molecule has 0 spiro atoms. The molecular formula is C57H49N3OPt. The zero-order valence-electron chi connectivity index (χ0n) is 41.3. The number of fused-ring (bicyclic) bond motifs is 1. The van der Waals surface area contributed by atoms with E-state index in [4.69, 9.17) is 22.9 Å². The zero-order chi connectivity index (χ0) is 47.4. The molecule has 0 saturated heterocycles. The summed E-state index contributed by atoms with van der Waals surface area (Å²) in [6, 6.07) is 52.5. The van der Waals surface area contributed by atoms with E-state index in [1.54, 1.807) is 18.3 Å². The molecule has 0 fully saturated rings. The molecule has 2 heterocycles. The van der Waals surface area contributed by atoms with Crippen LogP contribution >= 0.6 is 0 Å². The van der Waals surface area contributed by atoms with Crippen LogP contribution in [0.3, 0.4) is 0 Å². The van der Waals surface area contributed by atoms with Gasteiger partial charge < -0.3 is 4.74 Å². The summed E-state index contributed by atoms with van der Waals surface area (Å²) in [6.45, 7) is 5.96. The molecule has 0 N–H and O–H groups in total. The summed E-state index contributed by atoms with van der Waals surface area (Å²) in [5, 5.41) is 0. The van der Waals surface area contributed by atoms with E-state index in [0.29, 0.717) is 28.3 Å². The van der Waals surface area contributed by atoms with Crippen LogP contribution in [0.2, 0.25) is 0 Å². The van der Waals surface area contributed by atoms with Gasteiger partial charge in [-0.3, -0.25) is 9.55 Å². The van der Waals surface area contributed by atoms with Gasteiger partial charge in [-0.05, 0) is 108 Å². The molecule has 0 radical (unpaired) electrons. The SMILES string of the molecule is [2H]C([2H])([2H])c1ccc(-c2ccnc(-c3[c-]c(-c4cccc5c4nc(-c4cc(C)cc(C)c4O[CH2-])n5-c4cc(-c5ccccc5)c(C([2H])([2H])[2H])cc4-c4ccccc4)cc(C(C)(C)C)c3)c2)cc1.[Pt+2]. The number of rotatable bonds is 8. The summed E-state index contributed by atoms with van der Waals surface area (Å²) >= 11 is 0. The van der Waals surface area contributed by atoms with E-state index in [2.05, 4.69) is 68.8 Å². The summed E-state index contributed by atoms with van der Waals surface area (Å²) in [4.78, 5) is 10.4. The maximum Gasteiger partial charge on any atom is 2.00 e. The van der Waals surface area contributed by atoms with E-state index in [9.17, 15) is 0 Å². The van der Waals surface area contributed by atoms with Crippen LogP contribution in [0.1, 0.15) is 56.8 Å². The van der Waals surface area contributed by atoms with Crippen molar-refractivity contribution in [2.24, 2.45) is 0 Å². The molecule has 0 aliphatic carbocycles. The number of aryl methyl sites for hydroxylation is 4. The van der Waals surface area contributed by atoms with Crippen LogP contribution in [-0.4, -0.2) is 14.5 Å². The van der Waals surface area contributed by atoms with Crippen molar-refractivity contribution in [2.75, 3.05) is 0 Å². The number of para-hydroxylation sites is 1. The fourth-order valence-corrected chi connectivity index (χ4v) is 8.24. The molecule has 308 valence electrons. The van der Waals surface area contributed by atoms with Crippen LogP contribution in [0.15, 0.2) is 158 Å². The van der Waals surface area contributed by atoms with Gasteiger partial charge in [0.1, 0.15) is 5.82 Å². The van der Waals surface area contributed by atoms with E-state index in [1.807, 2.05) is 123 Å². The average Bonchev–Trinajstić information content (AvgIpc) is 3.70. The largest absolute Gasteiger partial charge is 2.00 e. The smallest absolute Gasteiger partial charge is 0.665 e. The first-order valence-corrected chi connectivity index (χ1v) is 20.4. The van der Waals surface area contributed by atoms with Crippen LogP contribution in [0, 0.1) is 40.7 Å². The second-order valence-electron chi connectivity index (χ2n) is 16.6. The first-order chi connectivity index (χ1) is 31.9. The second kappa shape index (κ2) is 17.2. The minimum atomic E-state index is -2.42. The number of pyridine rings is 1. The quantitative estimate of drug-likeness (QED) is 0.142. The fraction of sp³-hybridized carbons (Fsp3) is 0.140. The Morgan fingerprint density at radius 2 is 1.32 bits per heavy atom. The van der Waals surface area contributed by atoms with Crippen molar-refractivity contribution in [3.05, 3.63) is 199 Å². The van der Waals surface area contributed by atoms with Gasteiger partial charge in [-0.1, -0.05) is 147 Å². The van der Waals surface area contributed by atoms with Crippen LogP contribution < -0.4 is 4.74 Å². The summed E-state index contributed by atoms with van der Waals surface area (Å²) < 4.78 is 57.9. The zero-order valence-corrected chi connectivity index (χ0v) is 37.6. The van der Waals surface area contributed by atoms with Crippen LogP contribution in [0.4, 0.5) is 0 Å². The predicted molar refractivity (Wildman–Crippen MR) is 254 cm³/mol. The summed E-state index contributed by atoms with van der Waals surface area (Å²) in [5.74, 6) is 1.17. The van der Waals surface area contributed by atoms with Crippen molar-refractivity contribution in [2.45, 2.75) is 53.7 Å². The van der Waals surface area contributed by atoms with Crippen LogP contribution in [0.5, 0.6) is 5.75 Å². The van der Waals surface area contributed by atoms with Gasteiger partial charge in [0.2, 0.25) is 0 Å². The van der Waals surface area contributed by atoms with Crippen molar-refractivity contribution in [1.29, 1.82) is 0 Å². The molecule has 0 bridgehead atoms. The monoisotopic (exact) mass is 992 g/mol. The van der Waals surface area contributed by atoms with Crippen LogP contribution in [-0.2, 0) is 26.5 Å². The third-order valence-corrected chi connectivity index (χ3v) is 11.3. The molecule has 7 aromatic carbocycles. The molecule has 0 aliphatic rings. The molecule has 9 rings (SSSR count). The molecule has 5 heteroatoms. The molecular weight excluding hydrogens is 938 g/mol. The van der Waals surface area contributed by atoms with Gasteiger partial charge in [-0.15, -0.1) is 29.3 Å². The minimum Gasteiger partial charge on any atom is -0.665 e. The third-order valence-electron chi connectivity index (χ3n) is 11.3. The van der Waals surface area contributed by atoms with E-state index >= 15 is 0 Å². The number of ether oxygens (including phenoxy) is 1. The van der Waals surface area contributed by atoms with Gasteiger partial charge in [0.25, 0.3) is 0 Å². The number of aromatic nitrogens is 3. The van der Waals surface area contributed by atoms with E-state index < -0.39 is 13.7 Å². The Balaban J connectivity index is 0.00000625. The summed E-state index contributed by atoms with van der Waals surface area (Å²) in [7, 11) is 3.89. The van der Waals surface area contributed by atoms with E-state index in [-0.39, 0.29) is 37.6 Å². The molecule has 2 aromatic heterocycles. The van der Waals surface area contributed by atoms with E-state index in [1.165, 1.54) is 0 Å². The second-order valence-corrected chi connectivity index (χ2v) is 16.6. The molecule has 0 atom stereocenters. The maximum atomic E-state index is 8.79. The molecule has 0 aliphatic heterocycles. The van der Waals surface area contributed by atoms with Crippen molar-refractivity contribution in [3.63, 3.8) is 0 Å². The molecule has 0 amide bonds. The van der Waals surface area contributed by atoms with Gasteiger partial charge in [0, 0.05) is 25.7 Å². The fourth-order valence-electron chi connectivity index (χ4n) is 8.24. The number of hydrogen-bond donors (Lipinski definition) is 0. The molecule has 4 nitrogen and oxygen atoms in total. The first kappa shape index (κ1) is 35.3. The Bertz CT molecular complexity index is 3300. The summed E-state index contributed by atoms with van der Waals surface area (Å²) in [6.07, 6.45) is 1.77. The molecule has 0 unspecified atom stereocenters. The van der Waals surface area contributed by atoms with Crippen molar-refractivity contribution >= 4 is 11.0 Å². The number of hydrogen-bond acceptors (Lipinski definition) is 3. The Morgan fingerprint density at radius 3 is 2.00 bits per heavy atom. The normalized spacial score (nSPS) is 13.3. The van der Waals surface area contributed by atoms with Crippen molar-refractivity contribution in [1.82, 2.24) is 14.5 Å². The molecule has 62 heavy (non-hydrogen) atoms. The minimum absolute atomic E-state index is 0. The first-order valence-electron chi connectivity index (χ1n) is 23.4. The number of benzene rings is 7. The predicted octanol–water partition coefficient (Wildman–Crippen LogP) is 14.9. The number of imidazole rings is 1. The van der Waals surface area contributed by atoms with Crippen molar-refractivity contribution < 1.29 is 34.0 Å². The standard InChI is InChI=1S/C57H49N3O.Pt/c1-36-22-24-40(25-23-36)43-26-27-58-51(34-43)45-31-44(32-46(33-45)57(5,6)7)47-20-15-21-52-54(47)59-56(50-29-37(2)28-39(4)55(50)61-8)60(52)53-35-48(41-16-11-9-12-17-41)38(3)30-49(53)42-18-13-10-14-19-42;/h9-30,32-35H,8H2,1-7H3;/q-2;+2/i1D3,3D3;. The molecule has 0 saturated carbocycles. The Kier molecular flexibility index (Phi) is 9.78. The maximum absolute atomic E-state index is 8.79. The van der Waals surface area contributed by atoms with Gasteiger partial charge in [0.15, 0.2) is 0 Å². The van der Waals surface area contributed by atoms with E-state index in [0.717, 1.165) is 78.0 Å². The number of nitrogens with zero attached hydrogens (tertiary/aromatic N) is 3. The Hall–Kier alpha value is -6.35. The topological polar surface area (TPSA) is 39.9 Å². The van der Waals surface area contributed by atoms with Crippen molar-refractivity contribution in [3.8, 4) is 78.6 Å². The van der Waals surface area contributed by atoms with Crippen LogP contribution in [0.25, 0.3) is 83.9 Å². The Morgan fingerprint density at radius 1 is 0.613 bits per heavy atom.